The lowest BCUT2D eigenvalue weighted by Gasteiger charge is -2.11. The van der Waals surface area contributed by atoms with E-state index in [1.807, 2.05) is 13.0 Å². The van der Waals surface area contributed by atoms with Gasteiger partial charge in [-0.3, -0.25) is 4.98 Å². The lowest BCUT2D eigenvalue weighted by atomic mass is 10.1. The Kier molecular flexibility index (Phi) is 3.57. The summed E-state index contributed by atoms with van der Waals surface area (Å²) in [5.41, 5.74) is 2.03. The minimum atomic E-state index is 0.630. The molecule has 1 aromatic heterocycles. The molecule has 16 heavy (non-hydrogen) atoms. The van der Waals surface area contributed by atoms with Gasteiger partial charge in [-0.2, -0.15) is 0 Å². The lowest BCUT2D eigenvalue weighted by Crippen LogP contribution is -2.17. The Morgan fingerprint density at radius 3 is 3.12 bits per heavy atom. The lowest BCUT2D eigenvalue weighted by molar-refractivity contribution is 0.297. The van der Waals surface area contributed by atoms with E-state index in [2.05, 4.69) is 22.9 Å². The monoisotopic (exact) mass is 218 g/mol. The molecule has 0 aromatic carbocycles. The first-order chi connectivity index (χ1) is 7.81. The maximum absolute atomic E-state index is 5.41. The Morgan fingerprint density at radius 2 is 2.44 bits per heavy atom. The molecule has 1 heterocycles. The minimum Gasteiger partial charge on any atom is -0.492 e. The molecule has 0 aliphatic heterocycles. The molecule has 1 aliphatic rings. The van der Waals surface area contributed by atoms with Crippen molar-refractivity contribution in [3.8, 4) is 0 Å². The molecule has 0 amide bonds. The molecule has 1 saturated carbocycles. The first-order valence-corrected chi connectivity index (χ1v) is 5.80. The third kappa shape index (κ3) is 2.83. The van der Waals surface area contributed by atoms with Crippen molar-refractivity contribution < 1.29 is 4.74 Å². The highest BCUT2D eigenvalue weighted by Gasteiger charge is 2.20. The highest BCUT2D eigenvalue weighted by Crippen LogP contribution is 2.21. The van der Waals surface area contributed by atoms with Crippen LogP contribution in [0.25, 0.3) is 5.76 Å². The third-order valence-electron chi connectivity index (χ3n) is 2.63. The molecule has 3 heteroatoms. The quantitative estimate of drug-likeness (QED) is 0.744. The summed E-state index contributed by atoms with van der Waals surface area (Å²) in [6.07, 6.45) is 4.37. The Bertz CT molecular complexity index is 372. The highest BCUT2D eigenvalue weighted by molar-refractivity contribution is 5.56. The van der Waals surface area contributed by atoms with Gasteiger partial charge in [-0.15, -0.1) is 0 Å². The van der Waals surface area contributed by atoms with Crippen molar-refractivity contribution in [2.75, 3.05) is 6.61 Å². The second kappa shape index (κ2) is 5.12. The number of nitrogens with one attached hydrogen (secondary N) is 1. The van der Waals surface area contributed by atoms with Crippen molar-refractivity contribution in [2.45, 2.75) is 32.4 Å². The zero-order valence-electron chi connectivity index (χ0n) is 9.70. The summed E-state index contributed by atoms with van der Waals surface area (Å²) in [5.74, 6) is 0.663. The van der Waals surface area contributed by atoms with Gasteiger partial charge in [0.1, 0.15) is 11.5 Å². The average Bonchev–Trinajstić information content (AvgIpc) is 3.11. The fraction of sp³-hybridized carbons (Fsp3) is 0.462. The van der Waals surface area contributed by atoms with E-state index >= 15 is 0 Å². The van der Waals surface area contributed by atoms with Crippen LogP contribution in [-0.2, 0) is 11.3 Å². The van der Waals surface area contributed by atoms with Crippen LogP contribution in [0.5, 0.6) is 0 Å². The van der Waals surface area contributed by atoms with Crippen LogP contribution in [0.3, 0.4) is 0 Å². The molecule has 3 nitrogen and oxygen atoms in total. The SMILES string of the molecule is C=C(OCC)c1ncccc1CNC1CC1. The molecular weight excluding hydrogens is 200 g/mol. The maximum atomic E-state index is 5.41. The summed E-state index contributed by atoms with van der Waals surface area (Å²) in [5, 5.41) is 3.47. The van der Waals surface area contributed by atoms with Crippen molar-refractivity contribution in [3.63, 3.8) is 0 Å². The zero-order valence-corrected chi connectivity index (χ0v) is 9.70. The molecule has 0 atom stereocenters. The first kappa shape index (κ1) is 11.1. The summed E-state index contributed by atoms with van der Waals surface area (Å²) < 4.78 is 5.41. The second-order valence-electron chi connectivity index (χ2n) is 4.02. The van der Waals surface area contributed by atoms with Gasteiger partial charge in [0, 0.05) is 18.8 Å². The van der Waals surface area contributed by atoms with E-state index in [1.165, 1.54) is 12.8 Å². The molecule has 0 spiro atoms. The van der Waals surface area contributed by atoms with Crippen LogP contribution >= 0.6 is 0 Å². The Labute approximate surface area is 96.5 Å². The molecular formula is C13H18N2O. The van der Waals surface area contributed by atoms with Gasteiger partial charge in [0.15, 0.2) is 0 Å². The van der Waals surface area contributed by atoms with Gasteiger partial charge >= 0.3 is 0 Å². The van der Waals surface area contributed by atoms with E-state index in [1.54, 1.807) is 6.20 Å². The molecule has 0 radical (unpaired) electrons. The standard InChI is InChI=1S/C13H18N2O/c1-3-16-10(2)13-11(5-4-8-14-13)9-15-12-6-7-12/h4-5,8,12,15H,2-3,6-7,9H2,1H3. The second-order valence-corrected chi connectivity index (χ2v) is 4.02. The number of hydrogen-bond donors (Lipinski definition) is 1. The van der Waals surface area contributed by atoms with Crippen LogP contribution in [0.4, 0.5) is 0 Å². The van der Waals surface area contributed by atoms with Crippen molar-refractivity contribution in [3.05, 3.63) is 36.2 Å². The Balaban J connectivity index is 2.05. The van der Waals surface area contributed by atoms with Crippen LogP contribution in [0.15, 0.2) is 24.9 Å². The van der Waals surface area contributed by atoms with E-state index in [9.17, 15) is 0 Å². The van der Waals surface area contributed by atoms with E-state index in [0.717, 1.165) is 17.8 Å². The number of ether oxygens (including phenoxy) is 1. The largest absolute Gasteiger partial charge is 0.492 e. The van der Waals surface area contributed by atoms with Gasteiger partial charge in [0.2, 0.25) is 0 Å². The van der Waals surface area contributed by atoms with Crippen LogP contribution in [-0.4, -0.2) is 17.6 Å². The molecule has 0 unspecified atom stereocenters. The van der Waals surface area contributed by atoms with E-state index in [4.69, 9.17) is 4.74 Å². The van der Waals surface area contributed by atoms with Crippen LogP contribution in [0.2, 0.25) is 0 Å². The Morgan fingerprint density at radius 1 is 1.62 bits per heavy atom. The molecule has 1 aromatic rings. The van der Waals surface area contributed by atoms with Crippen LogP contribution < -0.4 is 5.32 Å². The molecule has 1 fully saturated rings. The molecule has 1 aliphatic carbocycles. The van der Waals surface area contributed by atoms with Crippen LogP contribution in [0, 0.1) is 0 Å². The summed E-state index contributed by atoms with van der Waals surface area (Å²) >= 11 is 0. The molecule has 0 saturated heterocycles. The number of rotatable bonds is 6. The number of aromatic nitrogens is 1. The summed E-state index contributed by atoms with van der Waals surface area (Å²) in [6, 6.07) is 4.72. The van der Waals surface area contributed by atoms with Crippen molar-refractivity contribution in [1.82, 2.24) is 10.3 Å². The van der Waals surface area contributed by atoms with Crippen molar-refractivity contribution >= 4 is 5.76 Å². The molecule has 0 bridgehead atoms. The summed E-state index contributed by atoms with van der Waals surface area (Å²) in [6.45, 7) is 7.34. The predicted octanol–water partition coefficient (Wildman–Crippen LogP) is 2.34. The smallest absolute Gasteiger partial charge is 0.138 e. The molecule has 86 valence electrons. The fourth-order valence-electron chi connectivity index (χ4n) is 1.62. The fourth-order valence-corrected chi connectivity index (χ4v) is 1.62. The predicted molar refractivity (Wildman–Crippen MR) is 64.8 cm³/mol. The van der Waals surface area contributed by atoms with Crippen LogP contribution in [0.1, 0.15) is 31.0 Å². The van der Waals surface area contributed by atoms with Gasteiger partial charge in [-0.25, -0.2) is 0 Å². The van der Waals surface area contributed by atoms with Gasteiger partial charge in [0.05, 0.1) is 6.61 Å². The van der Waals surface area contributed by atoms with E-state index < -0.39 is 0 Å². The molecule has 1 N–H and O–H groups in total. The van der Waals surface area contributed by atoms with Gasteiger partial charge in [-0.05, 0) is 31.4 Å². The average molecular weight is 218 g/mol. The Hall–Kier alpha value is -1.35. The van der Waals surface area contributed by atoms with Crippen molar-refractivity contribution in [2.24, 2.45) is 0 Å². The van der Waals surface area contributed by atoms with E-state index in [0.29, 0.717) is 18.4 Å². The normalized spacial score (nSPS) is 14.8. The van der Waals surface area contributed by atoms with Gasteiger partial charge < -0.3 is 10.1 Å². The number of hydrogen-bond acceptors (Lipinski definition) is 3. The molecule has 2 rings (SSSR count). The summed E-state index contributed by atoms with van der Waals surface area (Å²) in [7, 11) is 0. The highest BCUT2D eigenvalue weighted by atomic mass is 16.5. The number of pyridine rings is 1. The maximum Gasteiger partial charge on any atom is 0.138 e. The third-order valence-corrected chi connectivity index (χ3v) is 2.63. The van der Waals surface area contributed by atoms with Crippen molar-refractivity contribution in [1.29, 1.82) is 0 Å². The van der Waals surface area contributed by atoms with Gasteiger partial charge in [0.25, 0.3) is 0 Å². The zero-order chi connectivity index (χ0) is 11.4. The van der Waals surface area contributed by atoms with E-state index in [-0.39, 0.29) is 0 Å². The first-order valence-electron chi connectivity index (χ1n) is 5.80. The van der Waals surface area contributed by atoms with Gasteiger partial charge in [-0.1, -0.05) is 12.6 Å². The topological polar surface area (TPSA) is 34.1 Å². The minimum absolute atomic E-state index is 0.630. The number of nitrogens with zero attached hydrogens (tertiary/aromatic N) is 1. The summed E-state index contributed by atoms with van der Waals surface area (Å²) in [4.78, 5) is 4.33.